The van der Waals surface area contributed by atoms with Gasteiger partial charge in [0.2, 0.25) is 10.0 Å². The van der Waals surface area contributed by atoms with E-state index in [2.05, 4.69) is 10.6 Å². The molecule has 1 aliphatic carbocycles. The van der Waals surface area contributed by atoms with Crippen LogP contribution >= 0.6 is 11.3 Å². The molecular weight excluding hydrogens is 440 g/mol. The molecule has 31 heavy (non-hydrogen) atoms. The van der Waals surface area contributed by atoms with E-state index >= 15 is 0 Å². The van der Waals surface area contributed by atoms with Crippen molar-refractivity contribution in [3.8, 4) is 0 Å². The minimum Gasteiger partial charge on any atom is -0.351 e. The molecule has 2 aromatic rings. The van der Waals surface area contributed by atoms with E-state index in [-0.39, 0.29) is 16.0 Å². The summed E-state index contributed by atoms with van der Waals surface area (Å²) in [4.78, 5) is 37.5. The van der Waals surface area contributed by atoms with Crippen molar-refractivity contribution < 1.29 is 22.8 Å². The quantitative estimate of drug-likeness (QED) is 0.624. The van der Waals surface area contributed by atoms with Crippen molar-refractivity contribution in [1.29, 1.82) is 0 Å². The van der Waals surface area contributed by atoms with Crippen molar-refractivity contribution >= 4 is 44.2 Å². The van der Waals surface area contributed by atoms with Crippen molar-refractivity contribution in [2.24, 2.45) is 5.73 Å². The Morgan fingerprint density at radius 3 is 2.29 bits per heavy atom. The van der Waals surface area contributed by atoms with Crippen LogP contribution in [-0.2, 0) is 22.9 Å². The van der Waals surface area contributed by atoms with Gasteiger partial charge in [-0.3, -0.25) is 14.9 Å². The molecule has 9 nitrogen and oxygen atoms in total. The highest BCUT2D eigenvalue weighted by Gasteiger charge is 2.29. The van der Waals surface area contributed by atoms with Crippen molar-refractivity contribution in [2.45, 2.75) is 37.0 Å². The molecule has 4 N–H and O–H groups in total. The van der Waals surface area contributed by atoms with Gasteiger partial charge in [-0.15, -0.1) is 11.3 Å². The number of hydrogen-bond acceptors (Lipinski definition) is 6. The molecule has 2 aliphatic rings. The Hall–Kier alpha value is -2.76. The van der Waals surface area contributed by atoms with Crippen LogP contribution in [0.25, 0.3) is 0 Å². The summed E-state index contributed by atoms with van der Waals surface area (Å²) in [7, 11) is -3.56. The molecule has 0 atom stereocenters. The number of aryl methyl sites for hydroxylation is 1. The first-order valence-corrected chi connectivity index (χ1v) is 12.2. The number of rotatable bonds is 5. The second-order valence-corrected chi connectivity index (χ2v) is 10.5. The lowest BCUT2D eigenvalue weighted by molar-refractivity contribution is 0.0966. The third kappa shape index (κ3) is 4.21. The van der Waals surface area contributed by atoms with Gasteiger partial charge in [-0.1, -0.05) is 0 Å². The average Bonchev–Trinajstić information content (AvgIpc) is 3.45. The van der Waals surface area contributed by atoms with Crippen molar-refractivity contribution in [3.63, 3.8) is 0 Å². The first-order valence-electron chi connectivity index (χ1n) is 9.94. The Bertz CT molecular complexity index is 1150. The van der Waals surface area contributed by atoms with E-state index in [1.54, 1.807) is 0 Å². The minimum atomic E-state index is -3.56. The number of sulfonamides is 1. The molecule has 1 saturated heterocycles. The number of primary amides is 1. The van der Waals surface area contributed by atoms with Crippen LogP contribution in [0.3, 0.4) is 0 Å². The Kier molecular flexibility index (Phi) is 5.82. The molecule has 164 valence electrons. The highest BCUT2D eigenvalue weighted by atomic mass is 32.2. The number of anilines is 1. The van der Waals surface area contributed by atoms with Crippen molar-refractivity contribution in [1.82, 2.24) is 9.62 Å². The van der Waals surface area contributed by atoms with Gasteiger partial charge in [0.1, 0.15) is 5.00 Å². The van der Waals surface area contributed by atoms with Crippen LogP contribution in [0, 0.1) is 0 Å². The smallest absolute Gasteiger partial charge is 0.319 e. The van der Waals surface area contributed by atoms with Gasteiger partial charge in [-0.05, 0) is 61.9 Å². The average molecular weight is 463 g/mol. The third-order valence-electron chi connectivity index (χ3n) is 5.43. The number of nitrogens with one attached hydrogen (secondary N) is 2. The molecule has 1 aromatic carbocycles. The zero-order valence-corrected chi connectivity index (χ0v) is 18.3. The number of urea groups is 1. The molecule has 4 rings (SSSR count). The number of amides is 4. The second-order valence-electron chi connectivity index (χ2n) is 7.47. The molecule has 1 aliphatic heterocycles. The molecular formula is C20H22N4O5S2. The minimum absolute atomic E-state index is 0.141. The number of nitrogens with zero attached hydrogens (tertiary/aromatic N) is 1. The first-order chi connectivity index (χ1) is 14.8. The van der Waals surface area contributed by atoms with Crippen LogP contribution in [0.1, 0.15) is 50.4 Å². The zero-order valence-electron chi connectivity index (χ0n) is 16.6. The van der Waals surface area contributed by atoms with Gasteiger partial charge in [-0.2, -0.15) is 4.31 Å². The molecule has 0 bridgehead atoms. The maximum absolute atomic E-state index is 12.8. The Morgan fingerprint density at radius 2 is 1.65 bits per heavy atom. The Morgan fingerprint density at radius 1 is 0.968 bits per heavy atom. The van der Waals surface area contributed by atoms with Crippen LogP contribution in [0.2, 0.25) is 0 Å². The highest BCUT2D eigenvalue weighted by Crippen LogP contribution is 2.39. The van der Waals surface area contributed by atoms with Gasteiger partial charge < -0.3 is 11.1 Å². The van der Waals surface area contributed by atoms with Crippen LogP contribution in [0.5, 0.6) is 0 Å². The molecule has 1 aromatic heterocycles. The van der Waals surface area contributed by atoms with E-state index in [0.717, 1.165) is 36.1 Å². The number of carbonyl (C=O) groups is 3. The topological polar surface area (TPSA) is 139 Å². The van der Waals surface area contributed by atoms with Gasteiger partial charge in [0, 0.05) is 23.5 Å². The number of hydrogen-bond donors (Lipinski definition) is 3. The molecule has 0 radical (unpaired) electrons. The number of thiophene rings is 1. The molecule has 0 unspecified atom stereocenters. The molecule has 0 spiro atoms. The molecule has 4 amide bonds. The molecule has 2 heterocycles. The van der Waals surface area contributed by atoms with Gasteiger partial charge in [-0.25, -0.2) is 13.2 Å². The van der Waals surface area contributed by atoms with E-state index in [0.29, 0.717) is 24.5 Å². The SMILES string of the molecule is NC(=O)NC(=O)c1c(NC(=O)c2ccc(S(=O)(=O)N3CCCC3)cc2)sc2c1CCC2. The maximum Gasteiger partial charge on any atom is 0.319 e. The summed E-state index contributed by atoms with van der Waals surface area (Å²) in [6, 6.07) is 4.76. The highest BCUT2D eigenvalue weighted by molar-refractivity contribution is 7.89. The van der Waals surface area contributed by atoms with E-state index < -0.39 is 27.9 Å². The number of imide groups is 1. The fraction of sp³-hybridized carbons (Fsp3) is 0.350. The molecule has 1 fully saturated rings. The summed E-state index contributed by atoms with van der Waals surface area (Å²) in [6.45, 7) is 1.01. The third-order valence-corrected chi connectivity index (χ3v) is 8.55. The summed E-state index contributed by atoms with van der Waals surface area (Å²) < 4.78 is 26.7. The molecule has 11 heteroatoms. The summed E-state index contributed by atoms with van der Waals surface area (Å²) in [6.07, 6.45) is 4.08. The van der Waals surface area contributed by atoms with E-state index in [9.17, 15) is 22.8 Å². The van der Waals surface area contributed by atoms with Gasteiger partial charge in [0.25, 0.3) is 11.8 Å². The lowest BCUT2D eigenvalue weighted by Gasteiger charge is -2.15. The lowest BCUT2D eigenvalue weighted by Crippen LogP contribution is -2.35. The summed E-state index contributed by atoms with van der Waals surface area (Å²) in [5, 5.41) is 5.14. The lowest BCUT2D eigenvalue weighted by atomic mass is 10.1. The normalized spacial score (nSPS) is 16.1. The predicted octanol–water partition coefficient (Wildman–Crippen LogP) is 2.08. The zero-order chi connectivity index (χ0) is 22.2. The van der Waals surface area contributed by atoms with Crippen LogP contribution < -0.4 is 16.4 Å². The number of fused-ring (bicyclic) bond motifs is 1. The monoisotopic (exact) mass is 462 g/mol. The number of benzene rings is 1. The Labute approximate surface area is 183 Å². The second kappa shape index (κ2) is 8.40. The standard InChI is InChI=1S/C20H22N4O5S2/c21-20(27)23-18(26)16-14-4-3-5-15(14)30-19(16)22-17(25)12-6-8-13(9-7-12)31(28,29)24-10-1-2-11-24/h6-9H,1-5,10-11H2,(H,22,25)(H3,21,23,26,27). The van der Waals surface area contributed by atoms with Gasteiger partial charge in [0.15, 0.2) is 0 Å². The fourth-order valence-electron chi connectivity index (χ4n) is 3.94. The summed E-state index contributed by atoms with van der Waals surface area (Å²) in [5.41, 5.74) is 6.42. The summed E-state index contributed by atoms with van der Waals surface area (Å²) >= 11 is 1.30. The van der Waals surface area contributed by atoms with Crippen LogP contribution in [-0.4, -0.2) is 43.7 Å². The van der Waals surface area contributed by atoms with E-state index in [1.807, 2.05) is 0 Å². The summed E-state index contributed by atoms with van der Waals surface area (Å²) in [5.74, 6) is -1.12. The molecule has 0 saturated carbocycles. The van der Waals surface area contributed by atoms with Gasteiger partial charge >= 0.3 is 6.03 Å². The predicted molar refractivity (Wildman–Crippen MR) is 116 cm³/mol. The first kappa shape index (κ1) is 21.5. The van der Waals surface area contributed by atoms with Crippen molar-refractivity contribution in [3.05, 3.63) is 45.8 Å². The number of nitrogens with two attached hydrogens (primary N) is 1. The fourth-order valence-corrected chi connectivity index (χ4v) is 6.74. The van der Waals surface area contributed by atoms with Crippen molar-refractivity contribution in [2.75, 3.05) is 18.4 Å². The van der Waals surface area contributed by atoms with Crippen LogP contribution in [0.4, 0.5) is 9.80 Å². The maximum atomic E-state index is 12.8. The van der Waals surface area contributed by atoms with Gasteiger partial charge in [0.05, 0.1) is 10.5 Å². The Balaban J connectivity index is 1.55. The largest absolute Gasteiger partial charge is 0.351 e. The van der Waals surface area contributed by atoms with E-state index in [1.165, 1.54) is 39.9 Å². The van der Waals surface area contributed by atoms with Crippen LogP contribution in [0.15, 0.2) is 29.2 Å². The number of carbonyl (C=O) groups excluding carboxylic acids is 3. The van der Waals surface area contributed by atoms with E-state index in [4.69, 9.17) is 5.73 Å².